The van der Waals surface area contributed by atoms with E-state index in [1.54, 1.807) is 18.2 Å². The minimum absolute atomic E-state index is 0.0667. The second-order valence-electron chi connectivity index (χ2n) is 6.11. The lowest BCUT2D eigenvalue weighted by Crippen LogP contribution is -2.04. The second-order valence-corrected chi connectivity index (χ2v) is 6.11. The van der Waals surface area contributed by atoms with E-state index in [9.17, 15) is 19.7 Å². The van der Waals surface area contributed by atoms with Crippen LogP contribution in [-0.4, -0.2) is 10.9 Å². The predicted octanol–water partition coefficient (Wildman–Crippen LogP) is 4.27. The van der Waals surface area contributed by atoms with E-state index in [2.05, 4.69) is 0 Å². The number of rotatable bonds is 6. The minimum Gasteiger partial charge on any atom is -0.423 e. The molecule has 0 spiro atoms. The largest absolute Gasteiger partial charge is 0.423 e. The van der Waals surface area contributed by atoms with Crippen molar-refractivity contribution in [1.29, 1.82) is 0 Å². The van der Waals surface area contributed by atoms with Gasteiger partial charge in [-0.3, -0.25) is 10.1 Å². The van der Waals surface area contributed by atoms with Crippen LogP contribution in [0, 0.1) is 10.1 Å². The van der Waals surface area contributed by atoms with Crippen molar-refractivity contribution in [2.75, 3.05) is 0 Å². The van der Waals surface area contributed by atoms with E-state index >= 15 is 0 Å². The highest BCUT2D eigenvalue weighted by Crippen LogP contribution is 2.24. The van der Waals surface area contributed by atoms with Gasteiger partial charge in [0.2, 0.25) is 0 Å². The number of benzene rings is 2. The monoisotopic (exact) mass is 379 g/mol. The molecule has 0 aliphatic heterocycles. The Kier molecular flexibility index (Phi) is 5.64. The summed E-state index contributed by atoms with van der Waals surface area (Å²) in [5.41, 5.74) is 1.22. The van der Waals surface area contributed by atoms with Crippen LogP contribution in [0.15, 0.2) is 63.8 Å². The van der Waals surface area contributed by atoms with Gasteiger partial charge in [-0.1, -0.05) is 25.5 Å². The molecule has 0 aliphatic carbocycles. The van der Waals surface area contributed by atoms with E-state index in [-0.39, 0.29) is 11.4 Å². The molecule has 0 aliphatic rings. The van der Waals surface area contributed by atoms with Gasteiger partial charge in [-0.2, -0.15) is 0 Å². The first-order valence-electron chi connectivity index (χ1n) is 8.67. The third kappa shape index (κ3) is 4.50. The predicted molar refractivity (Wildman–Crippen MR) is 104 cm³/mol. The zero-order valence-corrected chi connectivity index (χ0v) is 15.1. The smallest absolute Gasteiger partial charge is 0.336 e. The molecule has 3 aromatic rings. The number of hydrogen-bond acceptors (Lipinski definition) is 6. The number of non-ortho nitro benzene ring substituents is 1. The number of fused-ring (bicyclic) bond motifs is 1. The molecule has 28 heavy (non-hydrogen) atoms. The average Bonchev–Trinajstić information content (AvgIpc) is 2.66. The Morgan fingerprint density at radius 2 is 2.04 bits per heavy atom. The van der Waals surface area contributed by atoms with E-state index in [0.29, 0.717) is 11.1 Å². The molecule has 0 N–H and O–H groups in total. The zero-order valence-electron chi connectivity index (χ0n) is 15.1. The van der Waals surface area contributed by atoms with Gasteiger partial charge in [0.15, 0.2) is 0 Å². The van der Waals surface area contributed by atoms with Crippen LogP contribution in [0.5, 0.6) is 5.75 Å². The molecule has 3 rings (SSSR count). The summed E-state index contributed by atoms with van der Waals surface area (Å²) < 4.78 is 10.4. The molecule has 0 atom stereocenters. The molecule has 0 radical (unpaired) electrons. The van der Waals surface area contributed by atoms with E-state index < -0.39 is 16.5 Å². The summed E-state index contributed by atoms with van der Waals surface area (Å²) >= 11 is 0. The quantitative estimate of drug-likeness (QED) is 0.158. The highest BCUT2D eigenvalue weighted by molar-refractivity contribution is 5.89. The Morgan fingerprint density at radius 1 is 1.21 bits per heavy atom. The first kappa shape index (κ1) is 19.0. The summed E-state index contributed by atoms with van der Waals surface area (Å²) in [6.07, 6.45) is 4.23. The molecule has 0 saturated heterocycles. The standard InChI is InChI=1S/C21H17NO6/c1-2-4-15-12-21(24)28-19-13-17(8-9-18(15)19)27-20(23)10-7-14-5-3-6-16(11-14)22(25)26/h3,5-13H,2,4H2,1H3/b10-7+. The van der Waals surface area contributed by atoms with E-state index in [1.165, 1.54) is 42.5 Å². The topological polar surface area (TPSA) is 99.7 Å². The van der Waals surface area contributed by atoms with E-state index in [4.69, 9.17) is 9.15 Å². The number of esters is 1. The Morgan fingerprint density at radius 3 is 2.79 bits per heavy atom. The highest BCUT2D eigenvalue weighted by Gasteiger charge is 2.09. The maximum atomic E-state index is 12.0. The van der Waals surface area contributed by atoms with E-state index in [0.717, 1.165) is 23.8 Å². The molecule has 0 fully saturated rings. The van der Waals surface area contributed by atoms with Gasteiger partial charge in [0.05, 0.1) is 4.92 Å². The van der Waals surface area contributed by atoms with Crippen LogP contribution >= 0.6 is 0 Å². The van der Waals surface area contributed by atoms with Gasteiger partial charge in [0, 0.05) is 35.7 Å². The van der Waals surface area contributed by atoms with Crippen molar-refractivity contribution >= 4 is 28.7 Å². The first-order valence-corrected chi connectivity index (χ1v) is 8.67. The van der Waals surface area contributed by atoms with Crippen molar-refractivity contribution in [3.63, 3.8) is 0 Å². The van der Waals surface area contributed by atoms with Crippen molar-refractivity contribution in [2.24, 2.45) is 0 Å². The first-order chi connectivity index (χ1) is 13.5. The maximum absolute atomic E-state index is 12.0. The van der Waals surface area contributed by atoms with Crippen LogP contribution in [0.25, 0.3) is 17.0 Å². The van der Waals surface area contributed by atoms with Gasteiger partial charge in [0.1, 0.15) is 11.3 Å². The summed E-state index contributed by atoms with van der Waals surface area (Å²) in [5.74, 6) is -0.420. The van der Waals surface area contributed by atoms with Crippen molar-refractivity contribution in [3.05, 3.63) is 86.3 Å². The normalized spacial score (nSPS) is 11.0. The van der Waals surface area contributed by atoms with Crippen molar-refractivity contribution in [1.82, 2.24) is 0 Å². The summed E-state index contributed by atoms with van der Waals surface area (Å²) in [7, 11) is 0. The van der Waals surface area contributed by atoms with Crippen molar-refractivity contribution < 1.29 is 18.9 Å². The number of ether oxygens (including phenoxy) is 1. The molecule has 0 saturated carbocycles. The number of aryl methyl sites for hydroxylation is 1. The molecule has 0 unspecified atom stereocenters. The Labute approximate surface area is 160 Å². The average molecular weight is 379 g/mol. The highest BCUT2D eigenvalue weighted by atomic mass is 16.6. The number of nitro groups is 1. The minimum atomic E-state index is -0.655. The Balaban J connectivity index is 1.78. The fourth-order valence-electron chi connectivity index (χ4n) is 2.81. The van der Waals surface area contributed by atoms with Crippen molar-refractivity contribution in [3.8, 4) is 5.75 Å². The van der Waals surface area contributed by atoms with Gasteiger partial charge >= 0.3 is 11.6 Å². The number of carbonyl (C=O) groups is 1. The summed E-state index contributed by atoms with van der Waals surface area (Å²) in [4.78, 5) is 34.0. The number of hydrogen-bond donors (Lipinski definition) is 0. The third-order valence-electron chi connectivity index (χ3n) is 4.03. The SMILES string of the molecule is CCCc1cc(=O)oc2cc(OC(=O)/C=C/c3cccc([N+](=O)[O-])c3)ccc12. The lowest BCUT2D eigenvalue weighted by atomic mass is 10.1. The number of carbonyl (C=O) groups excluding carboxylic acids is 1. The van der Waals surface area contributed by atoms with Crippen LogP contribution in [0.2, 0.25) is 0 Å². The van der Waals surface area contributed by atoms with Crippen LogP contribution in [0.3, 0.4) is 0 Å². The number of nitro benzene ring substituents is 1. The summed E-state index contributed by atoms with van der Waals surface area (Å²) in [6, 6.07) is 12.2. The van der Waals surface area contributed by atoms with Gasteiger partial charge in [-0.15, -0.1) is 0 Å². The molecule has 0 bridgehead atoms. The van der Waals surface area contributed by atoms with Gasteiger partial charge in [0.25, 0.3) is 5.69 Å². The number of nitrogens with zero attached hydrogens (tertiary/aromatic N) is 1. The molecule has 7 heteroatoms. The lowest BCUT2D eigenvalue weighted by Gasteiger charge is -2.06. The van der Waals surface area contributed by atoms with Crippen LogP contribution < -0.4 is 10.4 Å². The molecular weight excluding hydrogens is 362 g/mol. The molecule has 7 nitrogen and oxygen atoms in total. The van der Waals surface area contributed by atoms with Gasteiger partial charge < -0.3 is 9.15 Å². The fraction of sp³-hybridized carbons (Fsp3) is 0.143. The van der Waals surface area contributed by atoms with Crippen LogP contribution in [-0.2, 0) is 11.2 Å². The Hall–Kier alpha value is -3.74. The maximum Gasteiger partial charge on any atom is 0.336 e. The molecule has 0 amide bonds. The molecule has 142 valence electrons. The van der Waals surface area contributed by atoms with Crippen LogP contribution in [0.1, 0.15) is 24.5 Å². The second kappa shape index (κ2) is 8.30. The van der Waals surface area contributed by atoms with Gasteiger partial charge in [-0.05, 0) is 35.8 Å². The van der Waals surface area contributed by atoms with E-state index in [1.807, 2.05) is 6.92 Å². The third-order valence-corrected chi connectivity index (χ3v) is 4.03. The fourth-order valence-corrected chi connectivity index (χ4v) is 2.81. The zero-order chi connectivity index (χ0) is 20.1. The summed E-state index contributed by atoms with van der Waals surface area (Å²) in [5, 5.41) is 11.6. The van der Waals surface area contributed by atoms with Gasteiger partial charge in [-0.25, -0.2) is 9.59 Å². The molecule has 2 aromatic carbocycles. The molecule has 1 aromatic heterocycles. The lowest BCUT2D eigenvalue weighted by molar-refractivity contribution is -0.384. The summed E-state index contributed by atoms with van der Waals surface area (Å²) in [6.45, 7) is 2.02. The molecule has 1 heterocycles. The molecular formula is C21H17NO6. The van der Waals surface area contributed by atoms with Crippen molar-refractivity contribution in [2.45, 2.75) is 19.8 Å². The Bertz CT molecular complexity index is 1130. The van der Waals surface area contributed by atoms with Crippen LogP contribution in [0.4, 0.5) is 5.69 Å².